The van der Waals surface area contributed by atoms with Gasteiger partial charge in [-0.15, -0.1) is 0 Å². The van der Waals surface area contributed by atoms with Gasteiger partial charge in [0.2, 0.25) is 0 Å². The van der Waals surface area contributed by atoms with Crippen molar-refractivity contribution in [3.8, 4) is 11.5 Å². The summed E-state index contributed by atoms with van der Waals surface area (Å²) in [5.41, 5.74) is 2.94. The van der Waals surface area contributed by atoms with Crippen LogP contribution in [0.3, 0.4) is 0 Å². The van der Waals surface area contributed by atoms with Crippen LogP contribution in [0.4, 0.5) is 0 Å². The van der Waals surface area contributed by atoms with E-state index in [1.165, 1.54) is 0 Å². The number of allylic oxidation sites excluding steroid dienone is 1. The molecule has 4 heteroatoms. The number of hydrogen-bond acceptors (Lipinski definition) is 4. The molecule has 0 bridgehead atoms. The van der Waals surface area contributed by atoms with Crippen molar-refractivity contribution < 1.29 is 9.84 Å². The maximum absolute atomic E-state index is 9.56. The van der Waals surface area contributed by atoms with Gasteiger partial charge in [0.15, 0.2) is 0 Å². The summed E-state index contributed by atoms with van der Waals surface area (Å²) in [5.74, 6) is 0.983. The average Bonchev–Trinajstić information content (AvgIpc) is 2.78. The largest absolute Gasteiger partial charge is 0.508 e. The molecule has 1 aromatic heterocycles. The van der Waals surface area contributed by atoms with Crippen LogP contribution >= 0.6 is 0 Å². The molecule has 0 radical (unpaired) electrons. The molecule has 0 saturated heterocycles. The van der Waals surface area contributed by atoms with Crippen molar-refractivity contribution in [1.82, 2.24) is 9.97 Å². The van der Waals surface area contributed by atoms with Crippen LogP contribution in [0.5, 0.6) is 11.5 Å². The lowest BCUT2D eigenvalue weighted by molar-refractivity contribution is 0.290. The second-order valence-electron chi connectivity index (χ2n) is 4.98. The minimum atomic E-state index is -0.214. The summed E-state index contributed by atoms with van der Waals surface area (Å²) in [7, 11) is 0. The van der Waals surface area contributed by atoms with Crippen LogP contribution in [-0.2, 0) is 5.41 Å². The topological polar surface area (TPSA) is 55.2 Å². The number of rotatable bonds is 0. The number of benzene rings is 1. The van der Waals surface area contributed by atoms with Crippen LogP contribution in [0.25, 0.3) is 6.08 Å². The van der Waals surface area contributed by atoms with Crippen molar-refractivity contribution in [1.29, 1.82) is 0 Å². The van der Waals surface area contributed by atoms with Crippen LogP contribution in [-0.4, -0.2) is 21.7 Å². The lowest BCUT2D eigenvalue weighted by atomic mass is 9.71. The van der Waals surface area contributed by atoms with Crippen LogP contribution in [0.2, 0.25) is 0 Å². The lowest BCUT2D eigenvalue weighted by Gasteiger charge is -2.30. The Labute approximate surface area is 110 Å². The highest BCUT2D eigenvalue weighted by atomic mass is 16.5. The van der Waals surface area contributed by atoms with Gasteiger partial charge in [0, 0.05) is 23.4 Å². The molecule has 1 aliphatic heterocycles. The SMILES string of the molecule is Oc1ccc2c(c1)OCC21CC=Cc2ncncc21. The van der Waals surface area contributed by atoms with Gasteiger partial charge in [-0.2, -0.15) is 0 Å². The van der Waals surface area contributed by atoms with Gasteiger partial charge in [-0.3, -0.25) is 0 Å². The Kier molecular flexibility index (Phi) is 1.98. The highest BCUT2D eigenvalue weighted by Gasteiger charge is 2.44. The van der Waals surface area contributed by atoms with Crippen molar-refractivity contribution in [2.24, 2.45) is 0 Å². The maximum Gasteiger partial charge on any atom is 0.127 e. The molecule has 1 atom stereocenters. The van der Waals surface area contributed by atoms with Gasteiger partial charge in [-0.05, 0) is 18.6 Å². The molecule has 2 heterocycles. The van der Waals surface area contributed by atoms with E-state index >= 15 is 0 Å². The number of ether oxygens (including phenoxy) is 1. The lowest BCUT2D eigenvalue weighted by Crippen LogP contribution is -2.32. The highest BCUT2D eigenvalue weighted by molar-refractivity contribution is 5.62. The first-order valence-corrected chi connectivity index (χ1v) is 6.23. The van der Waals surface area contributed by atoms with Crippen LogP contribution in [0.15, 0.2) is 36.8 Å². The number of nitrogens with zero attached hydrogens (tertiary/aromatic N) is 2. The van der Waals surface area contributed by atoms with E-state index in [-0.39, 0.29) is 11.2 Å². The predicted molar refractivity (Wildman–Crippen MR) is 70.1 cm³/mol. The molecule has 1 unspecified atom stereocenters. The first-order chi connectivity index (χ1) is 9.29. The van der Waals surface area contributed by atoms with Crippen LogP contribution < -0.4 is 4.74 Å². The standard InChI is InChI=1S/C15H12N2O2/c18-10-3-4-11-14(6-10)19-8-15(11)5-1-2-13-12(15)7-16-9-17-13/h1-4,6-7,9,18H,5,8H2. The molecule has 0 saturated carbocycles. The monoisotopic (exact) mass is 252 g/mol. The molecule has 1 aromatic carbocycles. The summed E-state index contributed by atoms with van der Waals surface area (Å²) in [5, 5.41) is 9.56. The number of fused-ring (bicyclic) bond motifs is 4. The summed E-state index contributed by atoms with van der Waals surface area (Å²) >= 11 is 0. The molecular weight excluding hydrogens is 240 g/mol. The molecule has 1 spiro atoms. The van der Waals surface area contributed by atoms with Crippen molar-refractivity contribution in [2.75, 3.05) is 6.61 Å². The Morgan fingerprint density at radius 3 is 3.16 bits per heavy atom. The van der Waals surface area contributed by atoms with Crippen LogP contribution in [0, 0.1) is 0 Å². The fraction of sp³-hybridized carbons (Fsp3) is 0.200. The second-order valence-corrected chi connectivity index (χ2v) is 4.98. The molecule has 0 fully saturated rings. The third-order valence-electron chi connectivity index (χ3n) is 3.96. The molecule has 0 amide bonds. The Hall–Kier alpha value is -2.36. The number of aromatic nitrogens is 2. The molecule has 4 nitrogen and oxygen atoms in total. The molecule has 2 aromatic rings. The normalized spacial score (nSPS) is 22.9. The van der Waals surface area contributed by atoms with E-state index in [0.717, 1.165) is 29.0 Å². The number of phenolic OH excluding ortho intramolecular Hbond substituents is 1. The minimum Gasteiger partial charge on any atom is -0.508 e. The Balaban J connectivity index is 1.97. The van der Waals surface area contributed by atoms with Gasteiger partial charge in [0.1, 0.15) is 24.4 Å². The average molecular weight is 252 g/mol. The summed E-state index contributed by atoms with van der Waals surface area (Å²) < 4.78 is 5.78. The van der Waals surface area contributed by atoms with Gasteiger partial charge in [0.05, 0.1) is 11.1 Å². The van der Waals surface area contributed by atoms with Crippen LogP contribution in [0.1, 0.15) is 23.2 Å². The number of hydrogen-bond donors (Lipinski definition) is 1. The molecule has 1 aliphatic carbocycles. The minimum absolute atomic E-state index is 0.214. The Bertz CT molecular complexity index is 696. The highest BCUT2D eigenvalue weighted by Crippen LogP contribution is 2.49. The molecular formula is C15H12N2O2. The zero-order valence-electron chi connectivity index (χ0n) is 10.2. The zero-order chi connectivity index (χ0) is 12.9. The van der Waals surface area contributed by atoms with Crippen molar-refractivity contribution in [2.45, 2.75) is 11.8 Å². The van der Waals surface area contributed by atoms with Gasteiger partial charge < -0.3 is 9.84 Å². The van der Waals surface area contributed by atoms with E-state index in [9.17, 15) is 5.11 Å². The van der Waals surface area contributed by atoms with E-state index < -0.39 is 0 Å². The molecule has 94 valence electrons. The summed E-state index contributed by atoms with van der Waals surface area (Å²) in [6.07, 6.45) is 8.46. The fourth-order valence-electron chi connectivity index (χ4n) is 3.02. The first kappa shape index (κ1) is 10.6. The van der Waals surface area contributed by atoms with E-state index in [1.807, 2.05) is 18.3 Å². The van der Waals surface area contributed by atoms with E-state index in [2.05, 4.69) is 16.0 Å². The maximum atomic E-state index is 9.56. The first-order valence-electron chi connectivity index (χ1n) is 6.23. The van der Waals surface area contributed by atoms with E-state index in [4.69, 9.17) is 4.74 Å². The van der Waals surface area contributed by atoms with Crippen molar-refractivity contribution >= 4 is 6.08 Å². The van der Waals surface area contributed by atoms with Crippen molar-refractivity contribution in [3.63, 3.8) is 0 Å². The van der Waals surface area contributed by atoms with E-state index in [0.29, 0.717) is 6.61 Å². The summed E-state index contributed by atoms with van der Waals surface area (Å²) in [6.45, 7) is 0.566. The third kappa shape index (κ3) is 1.34. The number of aromatic hydroxyl groups is 1. The summed E-state index contributed by atoms with van der Waals surface area (Å²) in [4.78, 5) is 8.48. The zero-order valence-corrected chi connectivity index (χ0v) is 10.2. The van der Waals surface area contributed by atoms with Gasteiger partial charge in [0.25, 0.3) is 0 Å². The third-order valence-corrected chi connectivity index (χ3v) is 3.96. The molecule has 1 N–H and O–H groups in total. The Morgan fingerprint density at radius 1 is 1.26 bits per heavy atom. The summed E-state index contributed by atoms with van der Waals surface area (Å²) in [6, 6.07) is 5.32. The van der Waals surface area contributed by atoms with Gasteiger partial charge in [-0.1, -0.05) is 12.1 Å². The quantitative estimate of drug-likeness (QED) is 0.781. The Morgan fingerprint density at radius 2 is 2.21 bits per heavy atom. The molecule has 19 heavy (non-hydrogen) atoms. The number of phenols is 1. The smallest absolute Gasteiger partial charge is 0.127 e. The fourth-order valence-corrected chi connectivity index (χ4v) is 3.02. The van der Waals surface area contributed by atoms with E-state index in [1.54, 1.807) is 18.5 Å². The molecule has 2 aliphatic rings. The second kappa shape index (κ2) is 3.57. The molecule has 4 rings (SSSR count). The van der Waals surface area contributed by atoms with Gasteiger partial charge in [-0.25, -0.2) is 9.97 Å². The van der Waals surface area contributed by atoms with Crippen molar-refractivity contribution in [3.05, 3.63) is 53.6 Å². The predicted octanol–water partition coefficient (Wildman–Crippen LogP) is 2.28. The van der Waals surface area contributed by atoms with Gasteiger partial charge >= 0.3 is 0 Å².